The Morgan fingerprint density at radius 2 is 2.20 bits per heavy atom. The Bertz CT molecular complexity index is 456. The van der Waals surface area contributed by atoms with Crippen molar-refractivity contribution in [3.63, 3.8) is 0 Å². The third-order valence-electron chi connectivity index (χ3n) is 4.53. The molecule has 1 heterocycles. The van der Waals surface area contributed by atoms with Gasteiger partial charge in [0.25, 0.3) is 0 Å². The molecule has 1 aromatic carbocycles. The van der Waals surface area contributed by atoms with E-state index in [2.05, 4.69) is 35.3 Å². The molecule has 1 N–H and O–H groups in total. The van der Waals surface area contributed by atoms with E-state index in [1.54, 1.807) is 7.11 Å². The topological polar surface area (TPSA) is 24.5 Å². The second-order valence-corrected chi connectivity index (χ2v) is 6.30. The fourth-order valence-electron chi connectivity index (χ4n) is 3.25. The number of methoxy groups -OCH3 is 1. The van der Waals surface area contributed by atoms with E-state index in [1.165, 1.54) is 50.0 Å². The quantitative estimate of drug-likeness (QED) is 0.913. The maximum Gasteiger partial charge on any atom is 0.123 e. The van der Waals surface area contributed by atoms with Crippen molar-refractivity contribution in [2.24, 2.45) is 5.92 Å². The van der Waals surface area contributed by atoms with Crippen LogP contribution in [0.25, 0.3) is 0 Å². The molecule has 0 bridgehead atoms. The Labute approximate surface area is 122 Å². The molecule has 1 saturated heterocycles. The van der Waals surface area contributed by atoms with Crippen LogP contribution < -0.4 is 10.1 Å². The van der Waals surface area contributed by atoms with Gasteiger partial charge in [-0.2, -0.15) is 0 Å². The lowest BCUT2D eigenvalue weighted by Crippen LogP contribution is -2.39. The molecular formula is C17H26N2O. The molecule has 3 heteroatoms. The van der Waals surface area contributed by atoms with Crippen molar-refractivity contribution in [2.45, 2.75) is 38.8 Å². The van der Waals surface area contributed by atoms with Gasteiger partial charge in [0.15, 0.2) is 0 Å². The highest BCUT2D eigenvalue weighted by Crippen LogP contribution is 2.34. The maximum absolute atomic E-state index is 5.52. The van der Waals surface area contributed by atoms with Crippen LogP contribution in [0.4, 0.5) is 0 Å². The molecule has 1 aliphatic carbocycles. The monoisotopic (exact) mass is 274 g/mol. The van der Waals surface area contributed by atoms with Gasteiger partial charge < -0.3 is 10.1 Å². The van der Waals surface area contributed by atoms with Crippen LogP contribution in [0.15, 0.2) is 18.2 Å². The molecule has 1 aromatic rings. The van der Waals surface area contributed by atoms with Gasteiger partial charge in [-0.25, -0.2) is 0 Å². The van der Waals surface area contributed by atoms with Crippen molar-refractivity contribution in [3.05, 3.63) is 29.3 Å². The van der Waals surface area contributed by atoms with Crippen molar-refractivity contribution in [1.82, 2.24) is 10.2 Å². The molecule has 0 spiro atoms. The summed E-state index contributed by atoms with van der Waals surface area (Å²) in [5.41, 5.74) is 2.64. The van der Waals surface area contributed by atoms with Crippen molar-refractivity contribution in [3.8, 4) is 5.75 Å². The Hall–Kier alpha value is -1.06. The van der Waals surface area contributed by atoms with Gasteiger partial charge in [-0.05, 0) is 51.3 Å². The summed E-state index contributed by atoms with van der Waals surface area (Å²) in [7, 11) is 1.77. The van der Waals surface area contributed by atoms with Crippen LogP contribution in [-0.4, -0.2) is 37.7 Å². The molecule has 2 aliphatic rings. The van der Waals surface area contributed by atoms with Crippen LogP contribution in [0.1, 0.15) is 30.4 Å². The minimum atomic E-state index is 0.702. The molecule has 0 radical (unpaired) electrons. The summed E-state index contributed by atoms with van der Waals surface area (Å²) in [6.07, 6.45) is 4.08. The first-order valence-electron chi connectivity index (χ1n) is 7.85. The van der Waals surface area contributed by atoms with Crippen LogP contribution in [0.5, 0.6) is 5.75 Å². The highest BCUT2D eigenvalue weighted by Gasteiger charge is 2.33. The fourth-order valence-corrected chi connectivity index (χ4v) is 3.25. The molecule has 2 fully saturated rings. The standard InChI is InChI=1S/C17H26N2O/c1-13-4-7-17(20-2)15(10-13)11-19-9-3-8-18-16(12-19)14-5-6-14/h4,7,10,14,16,18H,3,5-6,8-9,11-12H2,1-2H3. The predicted octanol–water partition coefficient (Wildman–Crippen LogP) is 2.58. The van der Waals surface area contributed by atoms with Crippen molar-refractivity contribution in [1.29, 1.82) is 0 Å². The summed E-state index contributed by atoms with van der Waals surface area (Å²) in [6.45, 7) is 6.70. The lowest BCUT2D eigenvalue weighted by molar-refractivity contribution is 0.247. The van der Waals surface area contributed by atoms with Gasteiger partial charge >= 0.3 is 0 Å². The van der Waals surface area contributed by atoms with E-state index in [0.717, 1.165) is 18.2 Å². The SMILES string of the molecule is COc1ccc(C)cc1CN1CCCNC(C2CC2)C1. The number of aryl methyl sites for hydroxylation is 1. The van der Waals surface area contributed by atoms with Gasteiger partial charge in [0.05, 0.1) is 7.11 Å². The average Bonchev–Trinajstić information content (AvgIpc) is 3.25. The molecule has 110 valence electrons. The highest BCUT2D eigenvalue weighted by molar-refractivity contribution is 5.36. The number of nitrogens with zero attached hydrogens (tertiary/aromatic N) is 1. The van der Waals surface area contributed by atoms with E-state index in [0.29, 0.717) is 6.04 Å². The molecule has 0 amide bonds. The van der Waals surface area contributed by atoms with Crippen LogP contribution in [0.3, 0.4) is 0 Å². The Morgan fingerprint density at radius 3 is 2.95 bits per heavy atom. The largest absolute Gasteiger partial charge is 0.496 e. The minimum Gasteiger partial charge on any atom is -0.496 e. The molecular weight excluding hydrogens is 248 g/mol. The zero-order valence-electron chi connectivity index (χ0n) is 12.7. The van der Waals surface area contributed by atoms with Crippen molar-refractivity contribution < 1.29 is 4.74 Å². The summed E-state index contributed by atoms with van der Waals surface area (Å²) in [4.78, 5) is 2.60. The summed E-state index contributed by atoms with van der Waals surface area (Å²) in [6, 6.07) is 7.19. The Balaban J connectivity index is 1.70. The number of rotatable bonds is 4. The zero-order valence-corrected chi connectivity index (χ0v) is 12.7. The first-order valence-corrected chi connectivity index (χ1v) is 7.85. The second-order valence-electron chi connectivity index (χ2n) is 6.30. The van der Waals surface area contributed by atoms with Gasteiger partial charge in [-0.1, -0.05) is 17.7 Å². The lowest BCUT2D eigenvalue weighted by Gasteiger charge is -2.25. The van der Waals surface area contributed by atoms with Gasteiger partial charge in [0.1, 0.15) is 5.75 Å². The zero-order chi connectivity index (χ0) is 13.9. The smallest absolute Gasteiger partial charge is 0.123 e. The third-order valence-corrected chi connectivity index (χ3v) is 4.53. The van der Waals surface area contributed by atoms with Crippen LogP contribution in [-0.2, 0) is 6.54 Å². The van der Waals surface area contributed by atoms with E-state index in [1.807, 2.05) is 0 Å². The molecule has 3 rings (SSSR count). The highest BCUT2D eigenvalue weighted by atomic mass is 16.5. The molecule has 1 unspecified atom stereocenters. The first-order chi connectivity index (χ1) is 9.76. The van der Waals surface area contributed by atoms with Gasteiger partial charge in [0, 0.05) is 24.7 Å². The summed E-state index contributed by atoms with van der Waals surface area (Å²) >= 11 is 0. The average molecular weight is 274 g/mol. The maximum atomic E-state index is 5.52. The number of benzene rings is 1. The van der Waals surface area contributed by atoms with E-state index in [-0.39, 0.29) is 0 Å². The van der Waals surface area contributed by atoms with Gasteiger partial charge in [-0.15, -0.1) is 0 Å². The van der Waals surface area contributed by atoms with Crippen LogP contribution in [0.2, 0.25) is 0 Å². The van der Waals surface area contributed by atoms with E-state index < -0.39 is 0 Å². The normalized spacial score (nSPS) is 24.4. The third kappa shape index (κ3) is 3.33. The fraction of sp³-hybridized carbons (Fsp3) is 0.647. The van der Waals surface area contributed by atoms with E-state index in [4.69, 9.17) is 4.74 Å². The molecule has 1 aliphatic heterocycles. The van der Waals surface area contributed by atoms with Crippen LogP contribution in [0, 0.1) is 12.8 Å². The molecule has 20 heavy (non-hydrogen) atoms. The molecule has 0 aromatic heterocycles. The number of hydrogen-bond acceptors (Lipinski definition) is 3. The number of hydrogen-bond donors (Lipinski definition) is 1. The molecule has 1 saturated carbocycles. The van der Waals surface area contributed by atoms with Gasteiger partial charge in [-0.3, -0.25) is 4.90 Å². The first kappa shape index (κ1) is 13.9. The predicted molar refractivity (Wildman–Crippen MR) is 82.1 cm³/mol. The van der Waals surface area contributed by atoms with Crippen LogP contribution >= 0.6 is 0 Å². The molecule has 3 nitrogen and oxygen atoms in total. The number of ether oxygens (including phenoxy) is 1. The van der Waals surface area contributed by atoms with Crippen molar-refractivity contribution >= 4 is 0 Å². The number of nitrogens with one attached hydrogen (secondary N) is 1. The minimum absolute atomic E-state index is 0.702. The Morgan fingerprint density at radius 1 is 1.35 bits per heavy atom. The van der Waals surface area contributed by atoms with E-state index >= 15 is 0 Å². The molecule has 1 atom stereocenters. The second kappa shape index (κ2) is 6.15. The Kier molecular flexibility index (Phi) is 4.27. The van der Waals surface area contributed by atoms with Gasteiger partial charge in [0.2, 0.25) is 0 Å². The summed E-state index contributed by atoms with van der Waals surface area (Å²) in [5, 5.41) is 3.73. The summed E-state index contributed by atoms with van der Waals surface area (Å²) < 4.78 is 5.52. The van der Waals surface area contributed by atoms with E-state index in [9.17, 15) is 0 Å². The summed E-state index contributed by atoms with van der Waals surface area (Å²) in [5.74, 6) is 1.95. The lowest BCUT2D eigenvalue weighted by atomic mass is 10.1. The van der Waals surface area contributed by atoms with Crippen molar-refractivity contribution in [2.75, 3.05) is 26.7 Å².